The van der Waals surface area contributed by atoms with Crippen LogP contribution in [0.4, 0.5) is 17.1 Å². The Bertz CT molecular complexity index is 739. The SMILES string of the molecule is O=C([O-])CCC(=O)Nc1ccc(N2CCN(c3ccccc3)CC2)cc1. The van der Waals surface area contributed by atoms with Crippen molar-refractivity contribution in [1.29, 1.82) is 0 Å². The first-order valence-electron chi connectivity index (χ1n) is 8.76. The van der Waals surface area contributed by atoms with Crippen LogP contribution in [0.3, 0.4) is 0 Å². The second kappa shape index (κ2) is 8.38. The van der Waals surface area contributed by atoms with Crippen molar-refractivity contribution in [3.05, 3.63) is 54.6 Å². The Labute approximate surface area is 153 Å². The fraction of sp³-hybridized carbons (Fsp3) is 0.300. The second-order valence-electron chi connectivity index (χ2n) is 6.28. The summed E-state index contributed by atoms with van der Waals surface area (Å²) >= 11 is 0. The van der Waals surface area contributed by atoms with Crippen LogP contribution in [-0.2, 0) is 9.59 Å². The van der Waals surface area contributed by atoms with Gasteiger partial charge in [-0.15, -0.1) is 0 Å². The molecule has 0 spiro atoms. The minimum absolute atomic E-state index is 0.0778. The number of anilines is 3. The van der Waals surface area contributed by atoms with Crippen LogP contribution in [0, 0.1) is 0 Å². The van der Waals surface area contributed by atoms with Crippen molar-refractivity contribution in [3.63, 3.8) is 0 Å². The zero-order chi connectivity index (χ0) is 18.4. The molecule has 1 aliphatic rings. The summed E-state index contributed by atoms with van der Waals surface area (Å²) in [6, 6.07) is 18.0. The van der Waals surface area contributed by atoms with Gasteiger partial charge in [0, 0.05) is 55.6 Å². The molecule has 0 bridgehead atoms. The molecule has 1 N–H and O–H groups in total. The number of hydrogen-bond donors (Lipinski definition) is 1. The van der Waals surface area contributed by atoms with Crippen LogP contribution in [-0.4, -0.2) is 38.1 Å². The van der Waals surface area contributed by atoms with E-state index in [0.717, 1.165) is 31.9 Å². The molecule has 1 saturated heterocycles. The van der Waals surface area contributed by atoms with E-state index in [1.54, 1.807) is 0 Å². The number of carbonyl (C=O) groups excluding carboxylic acids is 2. The summed E-state index contributed by atoms with van der Waals surface area (Å²) in [5.74, 6) is -1.54. The lowest BCUT2D eigenvalue weighted by atomic mass is 10.2. The predicted molar refractivity (Wildman–Crippen MR) is 100 cm³/mol. The maximum absolute atomic E-state index is 11.7. The lowest BCUT2D eigenvalue weighted by molar-refractivity contribution is -0.305. The number of carboxylic acid groups (broad SMARTS) is 1. The number of nitrogens with zero attached hydrogens (tertiary/aromatic N) is 2. The molecule has 0 aromatic heterocycles. The minimum Gasteiger partial charge on any atom is -0.550 e. The first-order chi connectivity index (χ1) is 12.6. The van der Waals surface area contributed by atoms with Gasteiger partial charge in [0.15, 0.2) is 0 Å². The Balaban J connectivity index is 1.51. The molecule has 26 heavy (non-hydrogen) atoms. The molecule has 6 nitrogen and oxygen atoms in total. The van der Waals surface area contributed by atoms with Crippen LogP contribution < -0.4 is 20.2 Å². The molecule has 0 unspecified atom stereocenters. The van der Waals surface area contributed by atoms with Gasteiger partial charge in [0.05, 0.1) is 0 Å². The number of hydrogen-bond acceptors (Lipinski definition) is 5. The van der Waals surface area contributed by atoms with Crippen molar-refractivity contribution in [2.45, 2.75) is 12.8 Å². The lowest BCUT2D eigenvalue weighted by Gasteiger charge is -2.37. The fourth-order valence-corrected chi connectivity index (χ4v) is 3.06. The monoisotopic (exact) mass is 352 g/mol. The molecule has 0 saturated carbocycles. The Hall–Kier alpha value is -3.02. The Morgan fingerprint density at radius 2 is 1.35 bits per heavy atom. The van der Waals surface area contributed by atoms with E-state index in [9.17, 15) is 14.7 Å². The third-order valence-electron chi connectivity index (χ3n) is 4.47. The summed E-state index contributed by atoms with van der Waals surface area (Å²) in [6.07, 6.45) is -0.346. The molecular weight excluding hydrogens is 330 g/mol. The number of nitrogens with one attached hydrogen (secondary N) is 1. The predicted octanol–water partition coefficient (Wildman–Crippen LogP) is 1.48. The Morgan fingerprint density at radius 1 is 0.808 bits per heavy atom. The van der Waals surface area contributed by atoms with Crippen LogP contribution in [0.1, 0.15) is 12.8 Å². The van der Waals surface area contributed by atoms with Gasteiger partial charge >= 0.3 is 0 Å². The molecular formula is C20H22N3O3-. The quantitative estimate of drug-likeness (QED) is 0.852. The van der Waals surface area contributed by atoms with Crippen molar-refractivity contribution in [2.24, 2.45) is 0 Å². The van der Waals surface area contributed by atoms with Crippen molar-refractivity contribution < 1.29 is 14.7 Å². The van der Waals surface area contributed by atoms with Crippen molar-refractivity contribution in [1.82, 2.24) is 0 Å². The average Bonchev–Trinajstić information content (AvgIpc) is 2.68. The van der Waals surface area contributed by atoms with Crippen LogP contribution in [0.2, 0.25) is 0 Å². The number of aliphatic carboxylic acids is 1. The summed E-state index contributed by atoms with van der Waals surface area (Å²) in [4.78, 5) is 26.7. The highest BCUT2D eigenvalue weighted by Gasteiger charge is 2.17. The van der Waals surface area contributed by atoms with Gasteiger partial charge in [-0.2, -0.15) is 0 Å². The topological polar surface area (TPSA) is 75.7 Å². The highest BCUT2D eigenvalue weighted by Crippen LogP contribution is 2.22. The number of rotatable bonds is 6. The van der Waals surface area contributed by atoms with Crippen molar-refractivity contribution in [2.75, 3.05) is 41.3 Å². The Kier molecular flexibility index (Phi) is 5.73. The number of carboxylic acids is 1. The fourth-order valence-electron chi connectivity index (χ4n) is 3.06. The number of carbonyl (C=O) groups is 2. The lowest BCUT2D eigenvalue weighted by Crippen LogP contribution is -2.46. The van der Waals surface area contributed by atoms with E-state index in [0.29, 0.717) is 5.69 Å². The summed E-state index contributed by atoms with van der Waals surface area (Å²) in [7, 11) is 0. The average molecular weight is 352 g/mol. The molecule has 0 radical (unpaired) electrons. The van der Waals surface area contributed by atoms with Gasteiger partial charge in [0.25, 0.3) is 0 Å². The maximum Gasteiger partial charge on any atom is 0.224 e. The van der Waals surface area contributed by atoms with Gasteiger partial charge in [0.1, 0.15) is 0 Å². The van der Waals surface area contributed by atoms with Gasteiger partial charge in [-0.05, 0) is 42.8 Å². The molecule has 1 heterocycles. The van der Waals surface area contributed by atoms with Crippen LogP contribution in [0.15, 0.2) is 54.6 Å². The molecule has 1 amide bonds. The molecule has 3 rings (SSSR count). The van der Waals surface area contributed by atoms with E-state index in [4.69, 9.17) is 0 Å². The zero-order valence-electron chi connectivity index (χ0n) is 14.6. The van der Waals surface area contributed by atoms with Crippen molar-refractivity contribution >= 4 is 28.9 Å². The molecule has 2 aromatic rings. The number of piperazine rings is 1. The van der Waals surface area contributed by atoms with Crippen LogP contribution in [0.5, 0.6) is 0 Å². The molecule has 1 aliphatic heterocycles. The van der Waals surface area contributed by atoms with Gasteiger partial charge in [-0.25, -0.2) is 0 Å². The molecule has 0 atom stereocenters. The summed E-state index contributed by atoms with van der Waals surface area (Å²) in [5.41, 5.74) is 3.03. The Morgan fingerprint density at radius 3 is 1.88 bits per heavy atom. The normalized spacial score (nSPS) is 14.2. The molecule has 0 aliphatic carbocycles. The first-order valence-corrected chi connectivity index (χ1v) is 8.76. The summed E-state index contributed by atoms with van der Waals surface area (Å²) in [6.45, 7) is 3.80. The smallest absolute Gasteiger partial charge is 0.224 e. The summed E-state index contributed by atoms with van der Waals surface area (Å²) < 4.78 is 0. The highest BCUT2D eigenvalue weighted by atomic mass is 16.4. The van der Waals surface area contributed by atoms with Crippen LogP contribution in [0.25, 0.3) is 0 Å². The van der Waals surface area contributed by atoms with E-state index >= 15 is 0 Å². The summed E-state index contributed by atoms with van der Waals surface area (Å²) in [5, 5.41) is 13.1. The zero-order valence-corrected chi connectivity index (χ0v) is 14.6. The third kappa shape index (κ3) is 4.75. The third-order valence-corrected chi connectivity index (χ3v) is 4.47. The second-order valence-corrected chi connectivity index (χ2v) is 6.28. The number of amides is 1. The molecule has 6 heteroatoms. The van der Waals surface area contributed by atoms with E-state index in [1.807, 2.05) is 30.3 Å². The largest absolute Gasteiger partial charge is 0.550 e. The minimum atomic E-state index is -1.22. The van der Waals surface area contributed by atoms with E-state index in [-0.39, 0.29) is 18.7 Å². The van der Waals surface area contributed by atoms with Crippen molar-refractivity contribution in [3.8, 4) is 0 Å². The van der Waals surface area contributed by atoms with E-state index in [2.05, 4.69) is 39.4 Å². The standard InChI is InChI=1S/C20H23N3O3/c24-19(10-11-20(25)26)21-16-6-8-18(9-7-16)23-14-12-22(13-15-23)17-4-2-1-3-5-17/h1-9H,10-15H2,(H,21,24)(H,25,26)/p-1. The van der Waals surface area contributed by atoms with E-state index in [1.165, 1.54) is 5.69 Å². The number of benzene rings is 2. The van der Waals surface area contributed by atoms with Gasteiger partial charge < -0.3 is 25.0 Å². The number of para-hydroxylation sites is 1. The first kappa shape index (κ1) is 17.8. The van der Waals surface area contributed by atoms with Crippen LogP contribution >= 0.6 is 0 Å². The highest BCUT2D eigenvalue weighted by molar-refractivity contribution is 5.92. The molecule has 1 fully saturated rings. The molecule has 136 valence electrons. The molecule has 2 aromatic carbocycles. The van der Waals surface area contributed by atoms with Gasteiger partial charge in [-0.1, -0.05) is 18.2 Å². The van der Waals surface area contributed by atoms with Gasteiger partial charge in [-0.3, -0.25) is 4.79 Å². The van der Waals surface area contributed by atoms with E-state index < -0.39 is 5.97 Å². The van der Waals surface area contributed by atoms with Gasteiger partial charge in [0.2, 0.25) is 5.91 Å². The maximum atomic E-state index is 11.7.